The Morgan fingerprint density at radius 1 is 1.60 bits per heavy atom. The van der Waals surface area contributed by atoms with Crippen molar-refractivity contribution in [3.05, 3.63) is 21.9 Å². The number of tetrazole rings is 1. The third-order valence-corrected chi connectivity index (χ3v) is 2.72. The fourth-order valence-corrected chi connectivity index (χ4v) is 1.83. The molecule has 7 heteroatoms. The second-order valence-corrected chi connectivity index (χ2v) is 4.27. The van der Waals surface area contributed by atoms with Gasteiger partial charge in [-0.05, 0) is 12.1 Å². The SMILES string of the molecule is Cc1ncc(C(=O)Cc2nnn(C)n2)s1. The highest BCUT2D eigenvalue weighted by Crippen LogP contribution is 2.13. The molecule has 78 valence electrons. The maximum Gasteiger partial charge on any atom is 0.182 e. The van der Waals surface area contributed by atoms with Crippen LogP contribution in [0.4, 0.5) is 0 Å². The van der Waals surface area contributed by atoms with Crippen LogP contribution in [0.1, 0.15) is 20.5 Å². The van der Waals surface area contributed by atoms with Crippen LogP contribution in [-0.4, -0.2) is 31.0 Å². The molecule has 15 heavy (non-hydrogen) atoms. The maximum absolute atomic E-state index is 11.7. The van der Waals surface area contributed by atoms with Crippen molar-refractivity contribution in [2.45, 2.75) is 13.3 Å². The molecule has 0 radical (unpaired) electrons. The van der Waals surface area contributed by atoms with Crippen LogP contribution in [0.2, 0.25) is 0 Å². The largest absolute Gasteiger partial charge is 0.293 e. The van der Waals surface area contributed by atoms with Crippen molar-refractivity contribution in [2.24, 2.45) is 7.05 Å². The number of thiazole rings is 1. The molecule has 0 aliphatic carbocycles. The number of hydrogen-bond donors (Lipinski definition) is 0. The Morgan fingerprint density at radius 2 is 2.40 bits per heavy atom. The lowest BCUT2D eigenvalue weighted by molar-refractivity contribution is 0.0994. The molecule has 0 saturated carbocycles. The number of aromatic nitrogens is 5. The van der Waals surface area contributed by atoms with Crippen LogP contribution in [0, 0.1) is 6.92 Å². The molecule has 6 nitrogen and oxygen atoms in total. The lowest BCUT2D eigenvalue weighted by Crippen LogP contribution is -2.03. The molecule has 0 bridgehead atoms. The lowest BCUT2D eigenvalue weighted by atomic mass is 10.2. The first-order chi connectivity index (χ1) is 7.15. The molecule has 0 saturated heterocycles. The first-order valence-corrected chi connectivity index (χ1v) is 5.15. The monoisotopic (exact) mass is 223 g/mol. The van der Waals surface area contributed by atoms with Gasteiger partial charge in [-0.2, -0.15) is 4.80 Å². The van der Waals surface area contributed by atoms with Crippen molar-refractivity contribution in [2.75, 3.05) is 0 Å². The van der Waals surface area contributed by atoms with Crippen LogP contribution in [0.15, 0.2) is 6.20 Å². The van der Waals surface area contributed by atoms with E-state index in [1.54, 1.807) is 13.2 Å². The summed E-state index contributed by atoms with van der Waals surface area (Å²) in [6, 6.07) is 0. The molecule has 0 aromatic carbocycles. The summed E-state index contributed by atoms with van der Waals surface area (Å²) in [5.74, 6) is 0.419. The zero-order valence-corrected chi connectivity index (χ0v) is 9.15. The molecule has 0 aliphatic heterocycles. The van der Waals surface area contributed by atoms with Crippen LogP contribution >= 0.6 is 11.3 Å². The molecule has 2 rings (SSSR count). The van der Waals surface area contributed by atoms with Gasteiger partial charge in [0.25, 0.3) is 0 Å². The third kappa shape index (κ3) is 2.24. The summed E-state index contributed by atoms with van der Waals surface area (Å²) in [5, 5.41) is 12.2. The summed E-state index contributed by atoms with van der Waals surface area (Å²) in [4.78, 5) is 17.7. The normalized spacial score (nSPS) is 10.5. The summed E-state index contributed by atoms with van der Waals surface area (Å²) in [7, 11) is 1.66. The van der Waals surface area contributed by atoms with Gasteiger partial charge in [-0.3, -0.25) is 4.79 Å². The molecule has 0 amide bonds. The molecule has 0 unspecified atom stereocenters. The van der Waals surface area contributed by atoms with Crippen molar-refractivity contribution >= 4 is 17.1 Å². The first-order valence-electron chi connectivity index (χ1n) is 4.33. The zero-order chi connectivity index (χ0) is 10.8. The van der Waals surface area contributed by atoms with Crippen LogP contribution in [0.3, 0.4) is 0 Å². The molecule has 0 fully saturated rings. The Kier molecular flexibility index (Phi) is 2.55. The molecular formula is C8H9N5OS. The Morgan fingerprint density at radius 3 is 2.93 bits per heavy atom. The highest BCUT2D eigenvalue weighted by molar-refractivity contribution is 7.13. The highest BCUT2D eigenvalue weighted by Gasteiger charge is 2.12. The summed E-state index contributed by atoms with van der Waals surface area (Å²) in [6.45, 7) is 1.86. The molecule has 0 spiro atoms. The summed E-state index contributed by atoms with van der Waals surface area (Å²) >= 11 is 1.38. The van der Waals surface area contributed by atoms with Crippen molar-refractivity contribution in [1.82, 2.24) is 25.2 Å². The summed E-state index contributed by atoms with van der Waals surface area (Å²) in [5.41, 5.74) is 0. The van der Waals surface area contributed by atoms with Crippen LogP contribution in [-0.2, 0) is 13.5 Å². The molecule has 0 aliphatic rings. The van der Waals surface area contributed by atoms with E-state index in [9.17, 15) is 4.79 Å². The van der Waals surface area contributed by atoms with Crippen molar-refractivity contribution in [1.29, 1.82) is 0 Å². The van der Waals surface area contributed by atoms with E-state index >= 15 is 0 Å². The number of hydrogen-bond acceptors (Lipinski definition) is 6. The average Bonchev–Trinajstić information content (AvgIpc) is 2.75. The predicted molar refractivity (Wildman–Crippen MR) is 53.7 cm³/mol. The van der Waals surface area contributed by atoms with E-state index in [0.717, 1.165) is 5.01 Å². The topological polar surface area (TPSA) is 73.6 Å². The van der Waals surface area contributed by atoms with Gasteiger partial charge in [0.2, 0.25) is 0 Å². The Bertz CT molecular complexity index is 489. The number of Topliss-reactive ketones (excluding diaryl/α,β-unsaturated/α-hetero) is 1. The van der Waals surface area contributed by atoms with E-state index < -0.39 is 0 Å². The number of aryl methyl sites for hydroxylation is 2. The minimum atomic E-state index is -0.0198. The molecule has 2 heterocycles. The first kappa shape index (κ1) is 9.91. The van der Waals surface area contributed by atoms with Gasteiger partial charge in [-0.25, -0.2) is 4.98 Å². The lowest BCUT2D eigenvalue weighted by Gasteiger charge is -1.90. The number of ketones is 1. The number of carbonyl (C=O) groups is 1. The Balaban J connectivity index is 2.10. The highest BCUT2D eigenvalue weighted by atomic mass is 32.1. The standard InChI is InChI=1S/C8H9N5OS/c1-5-9-4-7(15-5)6(14)3-8-10-12-13(2)11-8/h4H,3H2,1-2H3. The fourth-order valence-electron chi connectivity index (χ4n) is 1.12. The van der Waals surface area contributed by atoms with Gasteiger partial charge in [-0.15, -0.1) is 21.5 Å². The van der Waals surface area contributed by atoms with Crippen molar-refractivity contribution < 1.29 is 4.79 Å². The van der Waals surface area contributed by atoms with Gasteiger partial charge in [0.1, 0.15) is 0 Å². The van der Waals surface area contributed by atoms with Gasteiger partial charge in [0.15, 0.2) is 11.6 Å². The second-order valence-electron chi connectivity index (χ2n) is 3.04. The molecule has 2 aromatic rings. The number of carbonyl (C=O) groups excluding carboxylic acids is 1. The number of nitrogens with zero attached hydrogens (tertiary/aromatic N) is 5. The fraction of sp³-hybridized carbons (Fsp3) is 0.375. The quantitative estimate of drug-likeness (QED) is 0.704. The maximum atomic E-state index is 11.7. The van der Waals surface area contributed by atoms with Gasteiger partial charge < -0.3 is 0 Å². The van der Waals surface area contributed by atoms with Crippen molar-refractivity contribution in [3.63, 3.8) is 0 Å². The molecule has 2 aromatic heterocycles. The molecular weight excluding hydrogens is 214 g/mol. The smallest absolute Gasteiger partial charge is 0.182 e. The number of rotatable bonds is 3. The minimum Gasteiger partial charge on any atom is -0.293 e. The summed E-state index contributed by atoms with van der Waals surface area (Å²) < 4.78 is 0. The van der Waals surface area contributed by atoms with E-state index in [0.29, 0.717) is 10.7 Å². The van der Waals surface area contributed by atoms with E-state index in [1.807, 2.05) is 6.92 Å². The summed E-state index contributed by atoms with van der Waals surface area (Å²) in [6.07, 6.45) is 1.76. The van der Waals surface area contributed by atoms with Gasteiger partial charge >= 0.3 is 0 Å². The van der Waals surface area contributed by atoms with E-state index in [1.165, 1.54) is 16.1 Å². The van der Waals surface area contributed by atoms with Gasteiger partial charge in [0, 0.05) is 6.20 Å². The third-order valence-electron chi connectivity index (χ3n) is 1.76. The van der Waals surface area contributed by atoms with Crippen LogP contribution < -0.4 is 0 Å². The van der Waals surface area contributed by atoms with Gasteiger partial charge in [-0.1, -0.05) is 0 Å². The minimum absolute atomic E-state index is 0.0198. The van der Waals surface area contributed by atoms with Gasteiger partial charge in [0.05, 0.1) is 23.4 Å². The zero-order valence-electron chi connectivity index (χ0n) is 8.34. The van der Waals surface area contributed by atoms with Crippen molar-refractivity contribution in [3.8, 4) is 0 Å². The molecule has 0 N–H and O–H groups in total. The van der Waals surface area contributed by atoms with E-state index in [2.05, 4.69) is 20.4 Å². The second kappa shape index (κ2) is 3.85. The van der Waals surface area contributed by atoms with E-state index in [-0.39, 0.29) is 12.2 Å². The average molecular weight is 223 g/mol. The molecule has 0 atom stereocenters. The van der Waals surface area contributed by atoms with E-state index in [4.69, 9.17) is 0 Å². The van der Waals surface area contributed by atoms with Crippen LogP contribution in [0.5, 0.6) is 0 Å². The Hall–Kier alpha value is -1.63. The predicted octanol–water partition coefficient (Wildman–Crippen LogP) is 0.400. The van der Waals surface area contributed by atoms with Crippen LogP contribution in [0.25, 0.3) is 0 Å². The Labute approximate surface area is 90.0 Å².